The molecule has 6 heteroatoms. The van der Waals surface area contributed by atoms with E-state index in [1.165, 1.54) is 0 Å². The molecule has 2 aromatic rings. The average molecular weight is 474 g/mol. The fourth-order valence-corrected chi connectivity index (χ4v) is 3.84. The molecule has 0 saturated carbocycles. The zero-order valence-electron chi connectivity index (χ0n) is 10.5. The number of halogens is 3. The minimum atomic E-state index is -0.141. The van der Waals surface area contributed by atoms with Crippen molar-refractivity contribution in [1.29, 1.82) is 0 Å². The number of rotatable bonds is 1. The average Bonchev–Trinajstić information content (AvgIpc) is 2.75. The first-order valence-corrected chi connectivity index (χ1v) is 8.35. The maximum absolute atomic E-state index is 12.2. The van der Waals surface area contributed by atoms with Gasteiger partial charge in [0.1, 0.15) is 5.75 Å². The fourth-order valence-electron chi connectivity index (χ4n) is 2.16. The minimum absolute atomic E-state index is 0.135. The summed E-state index contributed by atoms with van der Waals surface area (Å²) in [5.74, 6) is -0.00612. The van der Waals surface area contributed by atoms with Crippen molar-refractivity contribution in [2.75, 3.05) is 5.32 Å². The Bertz CT molecular complexity index is 776. The summed E-state index contributed by atoms with van der Waals surface area (Å²) in [6.45, 7) is 0. The molecule has 0 aromatic heterocycles. The molecule has 1 aliphatic heterocycles. The molecule has 2 N–H and O–H groups in total. The maximum Gasteiger partial charge on any atom is 0.256 e. The normalized spacial score (nSPS) is 15.2. The van der Waals surface area contributed by atoms with Crippen LogP contribution in [0.1, 0.15) is 11.1 Å². The van der Waals surface area contributed by atoms with Gasteiger partial charge in [0.15, 0.2) is 0 Å². The van der Waals surface area contributed by atoms with Crippen LogP contribution in [0.15, 0.2) is 43.7 Å². The number of aromatic hydroxyl groups is 1. The van der Waals surface area contributed by atoms with Crippen molar-refractivity contribution in [3.8, 4) is 5.75 Å². The zero-order chi connectivity index (χ0) is 15.1. The van der Waals surface area contributed by atoms with Crippen LogP contribution in [0.25, 0.3) is 11.6 Å². The number of hydrogen-bond donors (Lipinski definition) is 2. The highest BCUT2D eigenvalue weighted by atomic mass is 79.9. The quantitative estimate of drug-likeness (QED) is 0.561. The smallest absolute Gasteiger partial charge is 0.256 e. The molecule has 3 rings (SSSR count). The third kappa shape index (κ3) is 2.67. The maximum atomic E-state index is 12.2. The van der Waals surface area contributed by atoms with Crippen molar-refractivity contribution < 1.29 is 9.90 Å². The molecular formula is C15H8Br3NO2. The largest absolute Gasteiger partial charge is 0.506 e. The number of amides is 1. The number of anilines is 1. The second-order valence-electron chi connectivity index (χ2n) is 4.51. The number of fused-ring (bicyclic) bond motifs is 1. The predicted octanol–water partition coefficient (Wildman–Crippen LogP) is 5.17. The Kier molecular flexibility index (Phi) is 3.94. The van der Waals surface area contributed by atoms with E-state index in [0.29, 0.717) is 14.5 Å². The van der Waals surface area contributed by atoms with Gasteiger partial charge in [-0.05, 0) is 77.6 Å². The molecule has 0 fully saturated rings. The van der Waals surface area contributed by atoms with Crippen LogP contribution in [0.5, 0.6) is 5.75 Å². The first-order chi connectivity index (χ1) is 9.97. The number of carbonyl (C=O) groups excluding carboxylic acids is 1. The molecule has 0 atom stereocenters. The van der Waals surface area contributed by atoms with E-state index < -0.39 is 0 Å². The van der Waals surface area contributed by atoms with Crippen LogP contribution in [0.3, 0.4) is 0 Å². The second-order valence-corrected chi connectivity index (χ2v) is 7.07. The number of nitrogens with one attached hydrogen (secondary N) is 1. The highest BCUT2D eigenvalue weighted by Gasteiger charge is 2.25. The minimum Gasteiger partial charge on any atom is -0.506 e. The molecule has 0 unspecified atom stereocenters. The van der Waals surface area contributed by atoms with Gasteiger partial charge in [-0.3, -0.25) is 4.79 Å². The third-order valence-electron chi connectivity index (χ3n) is 3.14. The zero-order valence-corrected chi connectivity index (χ0v) is 15.2. The number of phenols is 1. The van der Waals surface area contributed by atoms with Crippen LogP contribution >= 0.6 is 47.8 Å². The van der Waals surface area contributed by atoms with Crippen molar-refractivity contribution in [3.63, 3.8) is 0 Å². The van der Waals surface area contributed by atoms with Crippen LogP contribution in [0.2, 0.25) is 0 Å². The molecule has 1 amide bonds. The van der Waals surface area contributed by atoms with Crippen molar-refractivity contribution in [1.82, 2.24) is 0 Å². The first-order valence-electron chi connectivity index (χ1n) is 5.97. The molecule has 1 aliphatic rings. The predicted molar refractivity (Wildman–Crippen MR) is 94.1 cm³/mol. The van der Waals surface area contributed by atoms with Crippen LogP contribution in [0.4, 0.5) is 5.69 Å². The van der Waals surface area contributed by atoms with E-state index in [4.69, 9.17) is 0 Å². The number of para-hydroxylation sites is 1. The summed E-state index contributed by atoms with van der Waals surface area (Å²) >= 11 is 10.0. The molecule has 0 aliphatic carbocycles. The summed E-state index contributed by atoms with van der Waals surface area (Å²) < 4.78 is 1.98. The molecule has 1 heterocycles. The third-order valence-corrected chi connectivity index (χ3v) is 5.01. The second kappa shape index (κ2) is 5.59. The van der Waals surface area contributed by atoms with E-state index in [1.54, 1.807) is 18.2 Å². The lowest BCUT2D eigenvalue weighted by molar-refractivity contribution is -0.110. The lowest BCUT2D eigenvalue weighted by atomic mass is 10.0. The Morgan fingerprint density at radius 3 is 2.38 bits per heavy atom. The van der Waals surface area contributed by atoms with Gasteiger partial charge in [0.25, 0.3) is 5.91 Å². The summed E-state index contributed by atoms with van der Waals surface area (Å²) in [5.41, 5.74) is 3.04. The number of phenolic OH excluding ortho intramolecular Hbond substituents is 1. The molecule has 0 spiro atoms. The SMILES string of the molecule is O=C1Nc2c(Br)cccc2/C1=C\c1cc(Br)c(O)c(Br)c1. The Morgan fingerprint density at radius 2 is 1.71 bits per heavy atom. The molecule has 106 valence electrons. The van der Waals surface area contributed by atoms with Gasteiger partial charge in [-0.15, -0.1) is 0 Å². The van der Waals surface area contributed by atoms with Gasteiger partial charge >= 0.3 is 0 Å². The van der Waals surface area contributed by atoms with E-state index >= 15 is 0 Å². The summed E-state index contributed by atoms with van der Waals surface area (Å²) in [6.07, 6.45) is 1.79. The van der Waals surface area contributed by atoms with Crippen molar-refractivity contribution in [3.05, 3.63) is 54.9 Å². The van der Waals surface area contributed by atoms with Gasteiger partial charge in [0.05, 0.1) is 14.6 Å². The summed E-state index contributed by atoms with van der Waals surface area (Å²) in [5, 5.41) is 12.6. The Morgan fingerprint density at radius 1 is 1.05 bits per heavy atom. The van der Waals surface area contributed by atoms with Gasteiger partial charge in [-0.2, -0.15) is 0 Å². The Balaban J connectivity index is 2.14. The fraction of sp³-hybridized carbons (Fsp3) is 0. The molecule has 21 heavy (non-hydrogen) atoms. The Hall–Kier alpha value is -1.11. The molecule has 0 bridgehead atoms. The van der Waals surface area contributed by atoms with Gasteiger partial charge < -0.3 is 10.4 Å². The summed E-state index contributed by atoms with van der Waals surface area (Å²) in [6, 6.07) is 9.19. The molecular weight excluding hydrogens is 466 g/mol. The van der Waals surface area contributed by atoms with Crippen molar-refractivity contribution in [2.24, 2.45) is 0 Å². The summed E-state index contributed by atoms with van der Waals surface area (Å²) in [7, 11) is 0. The van der Waals surface area contributed by atoms with Crippen LogP contribution in [-0.4, -0.2) is 11.0 Å². The Labute approximate surface area is 146 Å². The first kappa shape index (κ1) is 14.8. The van der Waals surface area contributed by atoms with E-state index in [1.807, 2.05) is 18.2 Å². The number of carbonyl (C=O) groups is 1. The van der Waals surface area contributed by atoms with Crippen LogP contribution in [-0.2, 0) is 4.79 Å². The van der Waals surface area contributed by atoms with E-state index in [-0.39, 0.29) is 11.7 Å². The highest BCUT2D eigenvalue weighted by Crippen LogP contribution is 2.39. The summed E-state index contributed by atoms with van der Waals surface area (Å²) in [4.78, 5) is 12.2. The van der Waals surface area contributed by atoms with E-state index in [2.05, 4.69) is 53.1 Å². The van der Waals surface area contributed by atoms with Gasteiger partial charge in [0, 0.05) is 15.6 Å². The number of benzene rings is 2. The molecule has 0 saturated heterocycles. The van der Waals surface area contributed by atoms with Crippen LogP contribution in [0, 0.1) is 0 Å². The monoisotopic (exact) mass is 471 g/mol. The topological polar surface area (TPSA) is 49.3 Å². The van der Waals surface area contributed by atoms with Crippen molar-refractivity contribution in [2.45, 2.75) is 0 Å². The standard InChI is InChI=1S/C15H8Br3NO2/c16-10-3-1-2-8-9(15(21)19-13(8)10)4-7-5-11(17)14(20)12(18)6-7/h1-6,20H,(H,19,21)/b9-4+. The molecule has 3 nitrogen and oxygen atoms in total. The number of hydrogen-bond acceptors (Lipinski definition) is 2. The lowest BCUT2D eigenvalue weighted by Crippen LogP contribution is -2.03. The molecule has 2 aromatic carbocycles. The van der Waals surface area contributed by atoms with E-state index in [0.717, 1.165) is 21.3 Å². The van der Waals surface area contributed by atoms with Gasteiger partial charge in [0.2, 0.25) is 0 Å². The van der Waals surface area contributed by atoms with E-state index in [9.17, 15) is 9.90 Å². The lowest BCUT2D eigenvalue weighted by Gasteiger charge is -2.04. The van der Waals surface area contributed by atoms with Gasteiger partial charge in [-0.25, -0.2) is 0 Å². The van der Waals surface area contributed by atoms with Crippen molar-refractivity contribution >= 4 is 71.0 Å². The van der Waals surface area contributed by atoms with Crippen LogP contribution < -0.4 is 5.32 Å². The van der Waals surface area contributed by atoms with Gasteiger partial charge in [-0.1, -0.05) is 12.1 Å². The highest BCUT2D eigenvalue weighted by molar-refractivity contribution is 9.11. The molecule has 0 radical (unpaired) electrons.